The number of sulfonamides is 1. The number of nitrogens with zero attached hydrogens (tertiary/aromatic N) is 3. The minimum atomic E-state index is -3.23. The summed E-state index contributed by atoms with van der Waals surface area (Å²) >= 11 is 0. The summed E-state index contributed by atoms with van der Waals surface area (Å²) in [7, 11) is -3.23. The van der Waals surface area contributed by atoms with Crippen molar-refractivity contribution in [1.82, 2.24) is 14.2 Å². The lowest BCUT2D eigenvalue weighted by Crippen LogP contribution is -2.37. The van der Waals surface area contributed by atoms with Crippen molar-refractivity contribution in [2.45, 2.75) is 13.0 Å². The van der Waals surface area contributed by atoms with Crippen LogP contribution >= 0.6 is 0 Å². The second-order valence-corrected chi connectivity index (χ2v) is 9.46. The van der Waals surface area contributed by atoms with Gasteiger partial charge >= 0.3 is 0 Å². The molecule has 27 heavy (non-hydrogen) atoms. The molecule has 2 saturated heterocycles. The number of hydrogen-bond donors (Lipinski definition) is 0. The number of likely N-dealkylation sites (tertiary alicyclic amines) is 1. The normalized spacial score (nSPS) is 25.6. The van der Waals surface area contributed by atoms with Crippen molar-refractivity contribution in [3.8, 4) is 0 Å². The van der Waals surface area contributed by atoms with Crippen LogP contribution in [0.4, 0.5) is 0 Å². The smallest absolute Gasteiger partial charge is 0.272 e. The van der Waals surface area contributed by atoms with Gasteiger partial charge in [0, 0.05) is 31.7 Å². The van der Waals surface area contributed by atoms with E-state index in [9.17, 15) is 13.2 Å². The lowest BCUT2D eigenvalue weighted by molar-refractivity contribution is 0.0702. The maximum atomic E-state index is 13.2. The first kappa shape index (κ1) is 18.1. The summed E-state index contributed by atoms with van der Waals surface area (Å²) in [5.41, 5.74) is 2.63. The number of carbonyl (C=O) groups is 1. The highest BCUT2D eigenvalue weighted by atomic mass is 32.2. The maximum Gasteiger partial charge on any atom is 0.272 e. The molecule has 2 aliphatic heterocycles. The van der Waals surface area contributed by atoms with E-state index in [-0.39, 0.29) is 23.8 Å². The van der Waals surface area contributed by atoms with Crippen LogP contribution < -0.4 is 0 Å². The highest BCUT2D eigenvalue weighted by Gasteiger charge is 2.51. The van der Waals surface area contributed by atoms with Gasteiger partial charge in [-0.3, -0.25) is 9.78 Å². The number of rotatable bonds is 3. The van der Waals surface area contributed by atoms with Gasteiger partial charge in [-0.15, -0.1) is 0 Å². The largest absolute Gasteiger partial charge is 0.330 e. The van der Waals surface area contributed by atoms with Crippen LogP contribution in [-0.4, -0.2) is 54.4 Å². The van der Waals surface area contributed by atoms with Crippen LogP contribution in [0.25, 0.3) is 0 Å². The standard InChI is InChI=1S/C20H23N3O3S/c1-14-7-3-4-8-16(14)19-17-13-22(27(2,25)26)11-15(17)12-23(19)20(24)18-9-5-6-10-21-18/h3-10,15,17,19H,11-13H2,1-2H3/t15-,17-,19-/m0/s1. The summed E-state index contributed by atoms with van der Waals surface area (Å²) in [4.78, 5) is 19.3. The fourth-order valence-corrected chi connectivity index (χ4v) is 5.34. The third-order valence-electron chi connectivity index (χ3n) is 5.75. The monoisotopic (exact) mass is 385 g/mol. The Bertz CT molecular complexity index is 961. The number of amides is 1. The number of pyridine rings is 1. The molecule has 142 valence electrons. The second kappa shape index (κ2) is 6.73. The van der Waals surface area contributed by atoms with Gasteiger partial charge in [0.1, 0.15) is 5.69 Å². The molecule has 0 aliphatic carbocycles. The fraction of sp³-hybridized carbons (Fsp3) is 0.400. The third-order valence-corrected chi connectivity index (χ3v) is 6.99. The summed E-state index contributed by atoms with van der Waals surface area (Å²) in [6, 6.07) is 13.2. The van der Waals surface area contributed by atoms with E-state index in [0.29, 0.717) is 25.3 Å². The van der Waals surface area contributed by atoms with Gasteiger partial charge in [0.25, 0.3) is 5.91 Å². The molecular weight excluding hydrogens is 362 g/mol. The second-order valence-electron chi connectivity index (χ2n) is 7.48. The van der Waals surface area contributed by atoms with Gasteiger partial charge in [-0.1, -0.05) is 30.3 Å². The summed E-state index contributed by atoms with van der Waals surface area (Å²) in [5.74, 6) is 0.134. The third kappa shape index (κ3) is 3.26. The quantitative estimate of drug-likeness (QED) is 0.811. The van der Waals surface area contributed by atoms with E-state index >= 15 is 0 Å². The van der Waals surface area contributed by atoms with E-state index < -0.39 is 10.0 Å². The first-order valence-electron chi connectivity index (χ1n) is 9.09. The molecule has 3 heterocycles. The molecule has 0 unspecified atom stereocenters. The number of aromatic nitrogens is 1. The van der Waals surface area contributed by atoms with Gasteiger partial charge in [0.15, 0.2) is 0 Å². The van der Waals surface area contributed by atoms with Gasteiger partial charge in [-0.25, -0.2) is 12.7 Å². The van der Waals surface area contributed by atoms with Gasteiger partial charge < -0.3 is 4.90 Å². The number of hydrogen-bond acceptors (Lipinski definition) is 4. The predicted molar refractivity (Wildman–Crippen MR) is 103 cm³/mol. The lowest BCUT2D eigenvalue weighted by atomic mass is 9.87. The molecule has 1 aromatic carbocycles. The van der Waals surface area contributed by atoms with Crippen LogP contribution in [0.3, 0.4) is 0 Å². The van der Waals surface area contributed by atoms with Gasteiger partial charge in [0.05, 0.1) is 12.3 Å². The minimum absolute atomic E-state index is 0.0912. The molecule has 4 rings (SSSR count). The molecule has 0 N–H and O–H groups in total. The van der Waals surface area contributed by atoms with E-state index in [0.717, 1.165) is 11.1 Å². The zero-order valence-corrected chi connectivity index (χ0v) is 16.3. The number of carbonyl (C=O) groups excluding carboxylic acids is 1. The zero-order valence-electron chi connectivity index (χ0n) is 15.4. The van der Waals surface area contributed by atoms with Gasteiger partial charge in [0.2, 0.25) is 10.0 Å². The molecule has 0 saturated carbocycles. The predicted octanol–water partition coefficient (Wildman–Crippen LogP) is 2.09. The minimum Gasteiger partial charge on any atom is -0.330 e. The summed E-state index contributed by atoms with van der Waals surface area (Å²) in [5, 5.41) is 0. The Morgan fingerprint density at radius 1 is 1.07 bits per heavy atom. The maximum absolute atomic E-state index is 13.2. The summed E-state index contributed by atoms with van der Waals surface area (Å²) < 4.78 is 25.6. The number of aryl methyl sites for hydroxylation is 1. The van der Waals surface area contributed by atoms with Gasteiger partial charge in [-0.2, -0.15) is 0 Å². The van der Waals surface area contributed by atoms with Crippen molar-refractivity contribution >= 4 is 15.9 Å². The van der Waals surface area contributed by atoms with Crippen molar-refractivity contribution in [3.63, 3.8) is 0 Å². The van der Waals surface area contributed by atoms with E-state index in [2.05, 4.69) is 4.98 Å². The summed E-state index contributed by atoms with van der Waals surface area (Å²) in [6.45, 7) is 3.51. The van der Waals surface area contributed by atoms with Crippen LogP contribution in [0.1, 0.15) is 27.7 Å². The Labute approximate surface area is 159 Å². The fourth-order valence-electron chi connectivity index (χ4n) is 4.44. The topological polar surface area (TPSA) is 70.6 Å². The Hall–Kier alpha value is -2.25. The molecule has 0 radical (unpaired) electrons. The van der Waals surface area contributed by atoms with Crippen LogP contribution in [0.2, 0.25) is 0 Å². The average Bonchev–Trinajstić information content (AvgIpc) is 3.20. The van der Waals surface area contributed by atoms with E-state index in [4.69, 9.17) is 0 Å². The first-order chi connectivity index (χ1) is 12.9. The molecular formula is C20H23N3O3S. The number of fused-ring (bicyclic) bond motifs is 1. The Kier molecular flexibility index (Phi) is 4.52. The van der Waals surface area contributed by atoms with Crippen LogP contribution in [0, 0.1) is 18.8 Å². The molecule has 1 aromatic heterocycles. The number of benzene rings is 1. The van der Waals surface area contributed by atoms with E-state index in [1.807, 2.05) is 42.2 Å². The van der Waals surface area contributed by atoms with E-state index in [1.54, 1.807) is 22.6 Å². The molecule has 6 nitrogen and oxygen atoms in total. The van der Waals surface area contributed by atoms with Crippen LogP contribution in [-0.2, 0) is 10.0 Å². The van der Waals surface area contributed by atoms with E-state index in [1.165, 1.54) is 6.26 Å². The van der Waals surface area contributed by atoms with Crippen molar-refractivity contribution < 1.29 is 13.2 Å². The Balaban J connectivity index is 1.73. The van der Waals surface area contributed by atoms with Crippen molar-refractivity contribution in [2.24, 2.45) is 11.8 Å². The molecule has 0 spiro atoms. The molecule has 1 amide bonds. The van der Waals surface area contributed by atoms with Crippen LogP contribution in [0.5, 0.6) is 0 Å². The molecule has 2 fully saturated rings. The highest BCUT2D eigenvalue weighted by molar-refractivity contribution is 7.88. The van der Waals surface area contributed by atoms with Crippen molar-refractivity contribution in [3.05, 3.63) is 65.5 Å². The molecule has 2 aliphatic rings. The highest BCUT2D eigenvalue weighted by Crippen LogP contribution is 2.46. The molecule has 2 aromatic rings. The molecule has 3 atom stereocenters. The van der Waals surface area contributed by atoms with Crippen molar-refractivity contribution in [2.75, 3.05) is 25.9 Å². The van der Waals surface area contributed by atoms with Crippen molar-refractivity contribution in [1.29, 1.82) is 0 Å². The summed E-state index contributed by atoms with van der Waals surface area (Å²) in [6.07, 6.45) is 2.88. The van der Waals surface area contributed by atoms with Crippen LogP contribution in [0.15, 0.2) is 48.7 Å². The average molecular weight is 385 g/mol. The SMILES string of the molecule is Cc1ccccc1[C@H]1[C@H]2CN(S(C)(=O)=O)C[C@H]2CN1C(=O)c1ccccn1. The Morgan fingerprint density at radius 3 is 2.48 bits per heavy atom. The lowest BCUT2D eigenvalue weighted by Gasteiger charge is -2.30. The molecule has 7 heteroatoms. The zero-order chi connectivity index (χ0) is 19.2. The van der Waals surface area contributed by atoms with Gasteiger partial charge in [-0.05, 0) is 36.1 Å². The Morgan fingerprint density at radius 2 is 1.81 bits per heavy atom. The first-order valence-corrected chi connectivity index (χ1v) is 10.9. The molecule has 0 bridgehead atoms.